The fraction of sp³-hybridized carbons (Fsp3) is 0. The molecule has 0 saturated heterocycles. The Kier molecular flexibility index (Phi) is 2.09. The van der Waals surface area contributed by atoms with Crippen molar-refractivity contribution in [1.29, 1.82) is 5.41 Å². The number of hydrogen-bond donors (Lipinski definition) is 1. The minimum absolute atomic E-state index is 1.45. The molecule has 0 aliphatic carbocycles. The molecule has 6 heavy (non-hydrogen) atoms. The van der Waals surface area contributed by atoms with Crippen molar-refractivity contribution in [2.24, 2.45) is 0 Å². The highest BCUT2D eigenvalue weighted by molar-refractivity contribution is 7.71. The zero-order valence-electron chi connectivity index (χ0n) is 2.72. The van der Waals surface area contributed by atoms with Gasteiger partial charge in [-0.2, -0.15) is 8.42 Å². The maximum Gasteiger partial charge on any atom is 0.270 e. The van der Waals surface area contributed by atoms with Crippen LogP contribution in [0.2, 0.25) is 0 Å². The summed E-state index contributed by atoms with van der Waals surface area (Å²) in [6.07, 6.45) is 0. The van der Waals surface area contributed by atoms with Crippen LogP contribution in [-0.2, 0) is 10.3 Å². The molecule has 0 atom stereocenters. The molecule has 0 aromatic heterocycles. The molecule has 0 amide bonds. The molecule has 0 spiro atoms. The van der Waals surface area contributed by atoms with Crippen LogP contribution in [-0.4, -0.2) is 19.3 Å². The second-order valence-electron chi connectivity index (χ2n) is 0.462. The Morgan fingerprint density at radius 2 is 2.00 bits per heavy atom. The predicted octanol–water partition coefficient (Wildman–Crippen LogP) is -0.929. The Balaban J connectivity index is 5.25. The van der Waals surface area contributed by atoms with Crippen LogP contribution in [0.4, 0.5) is 0 Å². The van der Waals surface area contributed by atoms with Gasteiger partial charge in [0.2, 0.25) is 0 Å². The summed E-state index contributed by atoms with van der Waals surface area (Å²) in [4.78, 5) is 0. The van der Waals surface area contributed by atoms with Crippen molar-refractivity contribution in [3.05, 3.63) is 0 Å². The van der Waals surface area contributed by atoms with E-state index >= 15 is 0 Å². The van der Waals surface area contributed by atoms with E-state index in [-0.39, 0.29) is 0 Å². The van der Waals surface area contributed by atoms with Crippen LogP contribution in [0.15, 0.2) is 0 Å². The summed E-state index contributed by atoms with van der Waals surface area (Å²) < 4.78 is 18.6. The lowest BCUT2D eigenvalue weighted by Gasteiger charge is -1.28. The van der Waals surface area contributed by atoms with Gasteiger partial charge in [0.25, 0.3) is 10.3 Å². The Bertz CT molecular complexity index is 194. The van der Waals surface area contributed by atoms with Gasteiger partial charge in [-0.1, -0.05) is 0 Å². The van der Waals surface area contributed by atoms with Crippen LogP contribution >= 0.6 is 0 Å². The summed E-state index contributed by atoms with van der Waals surface area (Å²) in [6.45, 7) is 0. The average molecular weight is 103 g/mol. The number of rotatable bonds is 0. The average Bonchev–Trinajstić information content (AvgIpc) is 1.35. The van der Waals surface area contributed by atoms with E-state index in [2.05, 4.69) is 0 Å². The molecule has 0 rings (SSSR count). The van der Waals surface area contributed by atoms with E-state index in [1.165, 1.54) is 5.87 Å². The highest BCUT2D eigenvalue weighted by atomic mass is 32.2. The first-order valence-corrected chi connectivity index (χ1v) is 2.11. The zero-order chi connectivity index (χ0) is 4.99. The first-order valence-electron chi connectivity index (χ1n) is 1.04. The molecule has 0 bridgehead atoms. The van der Waals surface area contributed by atoms with Crippen molar-refractivity contribution in [2.45, 2.75) is 0 Å². The molecule has 0 fully saturated rings. The van der Waals surface area contributed by atoms with Gasteiger partial charge in [-0.25, -0.2) is 0 Å². The second kappa shape index (κ2) is 2.42. The molecule has 0 aliphatic heterocycles. The molecule has 0 heterocycles. The normalized spacial score (nSPS) is 5.33. The molecule has 32 valence electrons. The first kappa shape index (κ1) is 5.18. The van der Waals surface area contributed by atoms with Crippen molar-refractivity contribution in [2.75, 3.05) is 0 Å². The summed E-state index contributed by atoms with van der Waals surface area (Å²) in [7, 11) is -2.36. The van der Waals surface area contributed by atoms with E-state index in [9.17, 15) is 8.42 Å². The summed E-state index contributed by atoms with van der Waals surface area (Å²) in [5.74, 6) is 1.45. The Morgan fingerprint density at radius 1 is 1.50 bits per heavy atom. The Hall–Kier alpha value is -0.820. The van der Waals surface area contributed by atoms with E-state index in [0.29, 0.717) is 0 Å². The quantitative estimate of drug-likeness (QED) is 0.318. The molecular formula is C2HNO2S. The summed E-state index contributed by atoms with van der Waals surface area (Å²) in [6, 6.07) is 0. The van der Waals surface area contributed by atoms with Crippen molar-refractivity contribution >= 4 is 21.2 Å². The predicted molar refractivity (Wildman–Crippen MR) is 21.7 cm³/mol. The van der Waals surface area contributed by atoms with E-state index in [4.69, 9.17) is 5.41 Å². The largest absolute Gasteiger partial charge is 0.270 e. The van der Waals surface area contributed by atoms with E-state index in [0.717, 1.165) is 0 Å². The van der Waals surface area contributed by atoms with Crippen LogP contribution in [0.3, 0.4) is 0 Å². The van der Waals surface area contributed by atoms with E-state index in [1.54, 1.807) is 5.02 Å². The molecule has 0 aromatic rings. The van der Waals surface area contributed by atoms with Gasteiger partial charge in [0, 0.05) is 5.87 Å². The van der Waals surface area contributed by atoms with Gasteiger partial charge < -0.3 is 0 Å². The molecule has 4 heteroatoms. The van der Waals surface area contributed by atoms with Gasteiger partial charge in [0.15, 0.2) is 0 Å². The van der Waals surface area contributed by atoms with Crippen LogP contribution < -0.4 is 0 Å². The standard InChI is InChI=1S/C2HNO2S/c3-1-2-6(4)5/h3H. The monoisotopic (exact) mass is 103 g/mol. The molecule has 0 aromatic carbocycles. The molecule has 0 unspecified atom stereocenters. The number of hydrogen-bond acceptors (Lipinski definition) is 3. The summed E-state index contributed by atoms with van der Waals surface area (Å²) in [5.41, 5.74) is 0. The molecule has 3 nitrogen and oxygen atoms in total. The molecule has 0 radical (unpaired) electrons. The fourth-order valence-corrected chi connectivity index (χ4v) is 0.125. The lowest BCUT2D eigenvalue weighted by atomic mass is 11.2. The third kappa shape index (κ3) is 3.18. The minimum atomic E-state index is -2.36. The minimum Gasteiger partial charge on any atom is -0.250 e. The first-order chi connectivity index (χ1) is 2.77. The van der Waals surface area contributed by atoms with Gasteiger partial charge in [-0.15, -0.1) is 0 Å². The maximum atomic E-state index is 9.31. The highest BCUT2D eigenvalue weighted by Crippen LogP contribution is 1.18. The third-order valence-electron chi connectivity index (χ3n) is 0.134. The van der Waals surface area contributed by atoms with Gasteiger partial charge in [-0.3, -0.25) is 5.41 Å². The second-order valence-corrected chi connectivity index (χ2v) is 1.14. The Labute approximate surface area is 36.0 Å². The van der Waals surface area contributed by atoms with Crippen LogP contribution in [0.5, 0.6) is 0 Å². The van der Waals surface area contributed by atoms with Crippen molar-refractivity contribution in [3.8, 4) is 0 Å². The molecular weight excluding hydrogens is 102 g/mol. The topological polar surface area (TPSA) is 58.0 Å². The van der Waals surface area contributed by atoms with Crippen LogP contribution in [0, 0.1) is 5.41 Å². The highest BCUT2D eigenvalue weighted by Gasteiger charge is 1.44. The van der Waals surface area contributed by atoms with Gasteiger partial charge in [-0.05, 0) is 0 Å². The molecule has 0 saturated carbocycles. The van der Waals surface area contributed by atoms with Gasteiger partial charge in [0.05, 0.1) is 5.02 Å². The maximum absolute atomic E-state index is 9.31. The van der Waals surface area contributed by atoms with E-state index in [1.807, 2.05) is 0 Å². The SMILES string of the molecule is N=C=C=S(=O)=O. The number of nitrogens with one attached hydrogen (secondary N) is 1. The van der Waals surface area contributed by atoms with Crippen LogP contribution in [0.1, 0.15) is 0 Å². The van der Waals surface area contributed by atoms with Gasteiger partial charge >= 0.3 is 0 Å². The van der Waals surface area contributed by atoms with E-state index < -0.39 is 10.3 Å². The molecule has 0 aliphatic rings. The van der Waals surface area contributed by atoms with Crippen molar-refractivity contribution in [3.63, 3.8) is 0 Å². The molecule has 1 N–H and O–H groups in total. The van der Waals surface area contributed by atoms with Crippen molar-refractivity contribution in [1.82, 2.24) is 0 Å². The smallest absolute Gasteiger partial charge is 0.250 e. The summed E-state index contributed by atoms with van der Waals surface area (Å²) in [5, 5.41) is 7.52. The summed E-state index contributed by atoms with van der Waals surface area (Å²) >= 11 is 0. The lowest BCUT2D eigenvalue weighted by Crippen LogP contribution is -1.53. The zero-order valence-corrected chi connectivity index (χ0v) is 3.54. The van der Waals surface area contributed by atoms with Gasteiger partial charge in [0.1, 0.15) is 0 Å². The van der Waals surface area contributed by atoms with Crippen molar-refractivity contribution < 1.29 is 8.42 Å². The fourth-order valence-electron chi connectivity index (χ4n) is 0.0417. The Morgan fingerprint density at radius 3 is 2.00 bits per heavy atom. The van der Waals surface area contributed by atoms with Crippen LogP contribution in [0.25, 0.3) is 0 Å². The lowest BCUT2D eigenvalue weighted by molar-refractivity contribution is 0.627. The third-order valence-corrected chi connectivity index (χ3v) is 0.403.